The van der Waals surface area contributed by atoms with Crippen LogP contribution in [0.4, 0.5) is 8.78 Å². The first kappa shape index (κ1) is 9.91. The molecule has 0 nitrogen and oxygen atoms in total. The Hall–Kier alpha value is -0.630. The summed E-state index contributed by atoms with van der Waals surface area (Å²) in [6.07, 6.45) is 3.61. The summed E-state index contributed by atoms with van der Waals surface area (Å²) in [5.74, 6) is 0.478. The van der Waals surface area contributed by atoms with Gasteiger partial charge in [0.05, 0.1) is 5.02 Å². The van der Waals surface area contributed by atoms with Crippen LogP contribution in [-0.4, -0.2) is 0 Å². The molecule has 0 atom stereocenters. The van der Waals surface area contributed by atoms with Crippen molar-refractivity contribution in [3.05, 3.63) is 40.3 Å². The van der Waals surface area contributed by atoms with Gasteiger partial charge in [-0.3, -0.25) is 0 Å². The Bertz CT molecular complexity index is 345. The summed E-state index contributed by atoms with van der Waals surface area (Å²) < 4.78 is 26.2. The van der Waals surface area contributed by atoms with Gasteiger partial charge in [0, 0.05) is 5.56 Å². The standard InChI is InChI=1S/C11H10ClF2/c12-11-8(4-3-7-1-2-7)9(13)5-6-10(11)14/h5-6H,1-4H2. The molecule has 14 heavy (non-hydrogen) atoms. The second-order valence-corrected chi connectivity index (χ2v) is 3.95. The lowest BCUT2D eigenvalue weighted by Crippen LogP contribution is -1.95. The van der Waals surface area contributed by atoms with Crippen LogP contribution in [0.1, 0.15) is 24.8 Å². The van der Waals surface area contributed by atoms with E-state index in [4.69, 9.17) is 11.6 Å². The monoisotopic (exact) mass is 215 g/mol. The van der Waals surface area contributed by atoms with Crippen molar-refractivity contribution >= 4 is 11.6 Å². The Morgan fingerprint density at radius 1 is 1.07 bits per heavy atom. The summed E-state index contributed by atoms with van der Waals surface area (Å²) >= 11 is 5.68. The number of hydrogen-bond acceptors (Lipinski definition) is 0. The molecule has 2 rings (SSSR count). The molecule has 1 aromatic carbocycles. The first-order chi connectivity index (χ1) is 6.68. The fourth-order valence-corrected chi connectivity index (χ4v) is 1.69. The van der Waals surface area contributed by atoms with Gasteiger partial charge in [-0.1, -0.05) is 11.6 Å². The topological polar surface area (TPSA) is 0 Å². The lowest BCUT2D eigenvalue weighted by Gasteiger charge is -2.05. The van der Waals surface area contributed by atoms with Crippen molar-refractivity contribution in [1.82, 2.24) is 0 Å². The summed E-state index contributed by atoms with van der Waals surface area (Å²) in [7, 11) is 0. The largest absolute Gasteiger partial charge is 0.207 e. The Morgan fingerprint density at radius 2 is 1.71 bits per heavy atom. The highest BCUT2D eigenvalue weighted by molar-refractivity contribution is 6.31. The predicted octanol–water partition coefficient (Wildman–Crippen LogP) is 3.92. The van der Waals surface area contributed by atoms with Gasteiger partial charge in [-0.2, -0.15) is 0 Å². The van der Waals surface area contributed by atoms with E-state index in [-0.39, 0.29) is 5.02 Å². The molecule has 1 aromatic rings. The minimum atomic E-state index is -0.538. The van der Waals surface area contributed by atoms with E-state index < -0.39 is 11.6 Å². The fraction of sp³-hybridized carbons (Fsp3) is 0.364. The molecule has 1 aliphatic carbocycles. The molecule has 0 bridgehead atoms. The average molecular weight is 216 g/mol. The van der Waals surface area contributed by atoms with Crippen LogP contribution in [0.3, 0.4) is 0 Å². The fourth-order valence-electron chi connectivity index (χ4n) is 1.44. The summed E-state index contributed by atoms with van der Waals surface area (Å²) in [6, 6.07) is 2.19. The molecule has 1 fully saturated rings. The van der Waals surface area contributed by atoms with Crippen LogP contribution in [0, 0.1) is 17.6 Å². The highest BCUT2D eigenvalue weighted by Gasteiger charge is 2.23. The molecule has 3 heteroatoms. The van der Waals surface area contributed by atoms with Crippen molar-refractivity contribution in [2.75, 3.05) is 0 Å². The molecule has 75 valence electrons. The maximum atomic E-state index is 13.2. The smallest absolute Gasteiger partial charge is 0.142 e. The van der Waals surface area contributed by atoms with Crippen molar-refractivity contribution in [3.8, 4) is 0 Å². The number of benzene rings is 1. The molecule has 0 aliphatic heterocycles. The number of rotatable bonds is 3. The van der Waals surface area contributed by atoms with Gasteiger partial charge in [0.2, 0.25) is 0 Å². The van der Waals surface area contributed by atoms with Crippen molar-refractivity contribution < 1.29 is 8.78 Å². The first-order valence-electron chi connectivity index (χ1n) is 4.64. The van der Waals surface area contributed by atoms with E-state index in [2.05, 4.69) is 0 Å². The van der Waals surface area contributed by atoms with Gasteiger partial charge in [0.1, 0.15) is 11.6 Å². The van der Waals surface area contributed by atoms with E-state index in [0.717, 1.165) is 31.4 Å². The SMILES string of the molecule is Fc1ccc(F)c(CC[C]2CC2)c1Cl. The van der Waals surface area contributed by atoms with Gasteiger partial charge in [-0.15, -0.1) is 0 Å². The summed E-state index contributed by atoms with van der Waals surface area (Å²) in [4.78, 5) is 0. The van der Waals surface area contributed by atoms with Gasteiger partial charge < -0.3 is 0 Å². The normalized spacial score (nSPS) is 15.9. The lowest BCUT2D eigenvalue weighted by atomic mass is 10.1. The molecule has 1 saturated carbocycles. The molecule has 0 aromatic heterocycles. The highest BCUT2D eigenvalue weighted by atomic mass is 35.5. The van der Waals surface area contributed by atoms with Gasteiger partial charge in [-0.25, -0.2) is 8.78 Å². The quantitative estimate of drug-likeness (QED) is 0.671. The number of hydrogen-bond donors (Lipinski definition) is 0. The van der Waals surface area contributed by atoms with Crippen LogP contribution in [0.25, 0.3) is 0 Å². The third-order valence-electron chi connectivity index (χ3n) is 2.47. The molecule has 0 unspecified atom stereocenters. The zero-order valence-electron chi connectivity index (χ0n) is 7.62. The van der Waals surface area contributed by atoms with Crippen LogP contribution < -0.4 is 0 Å². The van der Waals surface area contributed by atoms with E-state index in [0.29, 0.717) is 12.0 Å². The molecule has 0 heterocycles. The number of halogens is 3. The Kier molecular flexibility index (Phi) is 2.73. The Labute approximate surface area is 86.9 Å². The molecular weight excluding hydrogens is 206 g/mol. The van der Waals surface area contributed by atoms with Gasteiger partial charge in [0.25, 0.3) is 0 Å². The molecule has 0 saturated heterocycles. The zero-order chi connectivity index (χ0) is 10.1. The van der Waals surface area contributed by atoms with Crippen LogP contribution >= 0.6 is 11.6 Å². The second-order valence-electron chi connectivity index (χ2n) is 3.57. The van der Waals surface area contributed by atoms with E-state index in [9.17, 15) is 8.78 Å². The van der Waals surface area contributed by atoms with Crippen molar-refractivity contribution in [3.63, 3.8) is 0 Å². The molecule has 0 amide bonds. The van der Waals surface area contributed by atoms with Crippen molar-refractivity contribution in [2.24, 2.45) is 0 Å². The third kappa shape index (κ3) is 2.06. The van der Waals surface area contributed by atoms with Gasteiger partial charge in [-0.05, 0) is 43.7 Å². The third-order valence-corrected chi connectivity index (χ3v) is 2.88. The molecule has 0 spiro atoms. The molecular formula is C11H10ClF2. The summed E-state index contributed by atoms with van der Waals surface area (Å²) in [5, 5.41) is -0.0637. The minimum Gasteiger partial charge on any atom is -0.207 e. The molecule has 0 N–H and O–H groups in total. The van der Waals surface area contributed by atoms with Crippen LogP contribution in [0.5, 0.6) is 0 Å². The summed E-state index contributed by atoms with van der Waals surface area (Å²) in [6.45, 7) is 0. The maximum Gasteiger partial charge on any atom is 0.142 e. The predicted molar refractivity (Wildman–Crippen MR) is 52.2 cm³/mol. The second kappa shape index (κ2) is 3.85. The van der Waals surface area contributed by atoms with Crippen LogP contribution in [0.15, 0.2) is 12.1 Å². The van der Waals surface area contributed by atoms with Crippen molar-refractivity contribution in [1.29, 1.82) is 0 Å². The average Bonchev–Trinajstić information content (AvgIpc) is 2.95. The summed E-state index contributed by atoms with van der Waals surface area (Å²) in [5.41, 5.74) is 0.311. The van der Waals surface area contributed by atoms with Gasteiger partial charge >= 0.3 is 0 Å². The van der Waals surface area contributed by atoms with E-state index in [1.54, 1.807) is 0 Å². The van der Waals surface area contributed by atoms with E-state index in [1.807, 2.05) is 0 Å². The zero-order valence-corrected chi connectivity index (χ0v) is 8.37. The van der Waals surface area contributed by atoms with Crippen LogP contribution in [0.2, 0.25) is 5.02 Å². The Morgan fingerprint density at radius 3 is 2.36 bits per heavy atom. The molecule has 1 radical (unpaired) electrons. The van der Waals surface area contributed by atoms with Crippen LogP contribution in [-0.2, 0) is 6.42 Å². The minimum absolute atomic E-state index is 0.0637. The van der Waals surface area contributed by atoms with E-state index in [1.165, 1.54) is 5.92 Å². The maximum absolute atomic E-state index is 13.2. The first-order valence-corrected chi connectivity index (χ1v) is 5.02. The lowest BCUT2D eigenvalue weighted by molar-refractivity contribution is 0.584. The van der Waals surface area contributed by atoms with Crippen molar-refractivity contribution in [2.45, 2.75) is 25.7 Å². The highest BCUT2D eigenvalue weighted by Crippen LogP contribution is 2.37. The molecule has 1 aliphatic rings. The van der Waals surface area contributed by atoms with Gasteiger partial charge in [0.15, 0.2) is 0 Å². The van der Waals surface area contributed by atoms with E-state index >= 15 is 0 Å². The Balaban J connectivity index is 2.16.